The molecule has 0 fully saturated rings. The second-order valence-corrected chi connectivity index (χ2v) is 4.04. The highest BCUT2D eigenvalue weighted by molar-refractivity contribution is 6.05. The molecule has 1 aliphatic rings. The minimum Gasteiger partial charge on any atom is -0.360 e. The molecule has 0 amide bonds. The maximum atomic E-state index is 13.2. The summed E-state index contributed by atoms with van der Waals surface area (Å²) in [6.07, 6.45) is 3.24. The summed E-state index contributed by atoms with van der Waals surface area (Å²) in [5.41, 5.74) is 1.03. The van der Waals surface area contributed by atoms with Gasteiger partial charge in [0, 0.05) is 5.56 Å². The lowest BCUT2D eigenvalue weighted by Gasteiger charge is -2.08. The van der Waals surface area contributed by atoms with Crippen molar-refractivity contribution in [1.82, 2.24) is 9.55 Å². The van der Waals surface area contributed by atoms with Crippen LogP contribution in [0.1, 0.15) is 17.3 Å². The minimum atomic E-state index is -0.409. The van der Waals surface area contributed by atoms with Crippen molar-refractivity contribution >= 4 is 24.0 Å². The predicted molar refractivity (Wildman–Crippen MR) is 68.2 cm³/mol. The van der Waals surface area contributed by atoms with Crippen molar-refractivity contribution in [1.29, 1.82) is 0 Å². The van der Waals surface area contributed by atoms with Crippen LogP contribution >= 0.6 is 12.4 Å². The van der Waals surface area contributed by atoms with Gasteiger partial charge in [0.15, 0.2) is 5.78 Å². The number of fused-ring (bicyclic) bond motifs is 3. The Kier molecular flexibility index (Phi) is 3.09. The van der Waals surface area contributed by atoms with E-state index in [1.165, 1.54) is 12.1 Å². The van der Waals surface area contributed by atoms with Crippen LogP contribution < -0.4 is 5.32 Å². The fraction of sp³-hybridized carbons (Fsp3) is 0.167. The normalized spacial score (nSPS) is 17.0. The number of benzene rings is 1. The molecule has 94 valence electrons. The zero-order valence-electron chi connectivity index (χ0n) is 9.55. The van der Waals surface area contributed by atoms with Gasteiger partial charge in [-0.3, -0.25) is 9.36 Å². The predicted octanol–water partition coefficient (Wildman–Crippen LogP) is 2.43. The molecule has 2 heterocycles. The number of carbonyl (C=O) groups is 1. The molecule has 4 nitrogen and oxygen atoms in total. The minimum absolute atomic E-state index is 0. The lowest BCUT2D eigenvalue weighted by molar-refractivity contribution is 0.0976. The van der Waals surface area contributed by atoms with Crippen molar-refractivity contribution in [2.45, 2.75) is 13.0 Å². The molecule has 1 N–H and O–H groups in total. The molecule has 1 atom stereocenters. The number of nitrogens with one attached hydrogen (secondary N) is 1. The van der Waals surface area contributed by atoms with Crippen molar-refractivity contribution in [3.63, 3.8) is 0 Å². The number of hydrogen-bond acceptors (Lipinski definition) is 3. The molecule has 1 unspecified atom stereocenters. The first kappa shape index (κ1) is 12.6. The lowest BCUT2D eigenvalue weighted by atomic mass is 10.0. The quantitative estimate of drug-likeness (QED) is 0.797. The Morgan fingerprint density at radius 2 is 2.22 bits per heavy atom. The Bertz CT molecular complexity index is 611. The van der Waals surface area contributed by atoms with Gasteiger partial charge >= 0.3 is 0 Å². The summed E-state index contributed by atoms with van der Waals surface area (Å²) < 4.78 is 15.0. The molecule has 1 aromatic carbocycles. The molecule has 18 heavy (non-hydrogen) atoms. The molecule has 6 heteroatoms. The zero-order chi connectivity index (χ0) is 12.0. The summed E-state index contributed by atoms with van der Waals surface area (Å²) in [4.78, 5) is 16.1. The molecule has 0 bridgehead atoms. The Morgan fingerprint density at radius 3 is 3.00 bits per heavy atom. The van der Waals surface area contributed by atoms with E-state index in [0.717, 1.165) is 5.82 Å². The van der Waals surface area contributed by atoms with Crippen LogP contribution in [0.15, 0.2) is 30.7 Å². The molecule has 0 saturated carbocycles. The average molecular weight is 268 g/mol. The van der Waals surface area contributed by atoms with E-state index in [1.54, 1.807) is 30.1 Å². The fourth-order valence-corrected chi connectivity index (χ4v) is 2.03. The number of imidazole rings is 1. The molecule has 1 aliphatic heterocycles. The third-order valence-electron chi connectivity index (χ3n) is 2.88. The van der Waals surface area contributed by atoms with Crippen molar-refractivity contribution in [2.75, 3.05) is 5.32 Å². The number of nitrogens with zero attached hydrogens (tertiary/aromatic N) is 2. The van der Waals surface area contributed by atoms with Crippen LogP contribution in [0.5, 0.6) is 0 Å². The average Bonchev–Trinajstić information content (AvgIpc) is 2.72. The van der Waals surface area contributed by atoms with E-state index in [2.05, 4.69) is 10.3 Å². The highest BCUT2D eigenvalue weighted by Gasteiger charge is 2.25. The van der Waals surface area contributed by atoms with Gasteiger partial charge in [-0.1, -0.05) is 0 Å². The van der Waals surface area contributed by atoms with E-state index >= 15 is 0 Å². The van der Waals surface area contributed by atoms with E-state index in [0.29, 0.717) is 11.3 Å². The van der Waals surface area contributed by atoms with E-state index in [9.17, 15) is 9.18 Å². The summed E-state index contributed by atoms with van der Waals surface area (Å²) in [7, 11) is 0. The van der Waals surface area contributed by atoms with Gasteiger partial charge in [0.1, 0.15) is 18.0 Å². The van der Waals surface area contributed by atoms with Crippen LogP contribution in [0.2, 0.25) is 0 Å². The van der Waals surface area contributed by atoms with Crippen LogP contribution in [0, 0.1) is 5.82 Å². The third kappa shape index (κ3) is 1.76. The number of hydrogen-bond donors (Lipinski definition) is 1. The second-order valence-electron chi connectivity index (χ2n) is 4.04. The van der Waals surface area contributed by atoms with Crippen molar-refractivity contribution in [3.8, 4) is 5.69 Å². The van der Waals surface area contributed by atoms with Gasteiger partial charge in [0.2, 0.25) is 0 Å². The maximum Gasteiger partial charge on any atom is 0.186 e. The first-order valence-electron chi connectivity index (χ1n) is 5.30. The SMILES string of the molecule is CC1Nc2cncn2-c2ccc(F)cc2C1=O.Cl. The first-order chi connectivity index (χ1) is 8.16. The highest BCUT2D eigenvalue weighted by Crippen LogP contribution is 2.26. The van der Waals surface area contributed by atoms with Crippen LogP contribution in [-0.4, -0.2) is 21.4 Å². The molecule has 0 radical (unpaired) electrons. The number of carbonyl (C=O) groups excluding carboxylic acids is 1. The maximum absolute atomic E-state index is 13.2. The zero-order valence-corrected chi connectivity index (χ0v) is 10.4. The van der Waals surface area contributed by atoms with Crippen LogP contribution in [0.4, 0.5) is 10.2 Å². The number of anilines is 1. The molecular weight excluding hydrogens is 257 g/mol. The van der Waals surface area contributed by atoms with Crippen LogP contribution in [0.3, 0.4) is 0 Å². The fourth-order valence-electron chi connectivity index (χ4n) is 2.03. The Morgan fingerprint density at radius 1 is 1.44 bits per heavy atom. The van der Waals surface area contributed by atoms with Gasteiger partial charge < -0.3 is 5.32 Å². The first-order valence-corrected chi connectivity index (χ1v) is 5.30. The van der Waals surface area contributed by atoms with Gasteiger partial charge in [-0.15, -0.1) is 12.4 Å². The number of rotatable bonds is 0. The molecule has 3 rings (SSSR count). The molecule has 1 aromatic heterocycles. The third-order valence-corrected chi connectivity index (χ3v) is 2.88. The van der Waals surface area contributed by atoms with E-state index < -0.39 is 11.9 Å². The van der Waals surface area contributed by atoms with Crippen molar-refractivity contribution in [2.24, 2.45) is 0 Å². The monoisotopic (exact) mass is 267 g/mol. The Labute approximate surface area is 109 Å². The van der Waals surface area contributed by atoms with Gasteiger partial charge in [-0.05, 0) is 25.1 Å². The summed E-state index contributed by atoms with van der Waals surface area (Å²) in [6.45, 7) is 1.75. The van der Waals surface area contributed by atoms with Gasteiger partial charge in [0.05, 0.1) is 17.9 Å². The summed E-state index contributed by atoms with van der Waals surface area (Å²) in [5.74, 6) is 0.201. The molecular formula is C12H11ClFN3O. The van der Waals surface area contributed by atoms with Gasteiger partial charge in [0.25, 0.3) is 0 Å². The molecule has 0 saturated heterocycles. The Balaban J connectivity index is 0.00000120. The number of ketones is 1. The summed E-state index contributed by atoms with van der Waals surface area (Å²) in [6, 6.07) is 3.80. The molecule has 0 aliphatic carbocycles. The summed E-state index contributed by atoms with van der Waals surface area (Å²) >= 11 is 0. The van der Waals surface area contributed by atoms with Crippen molar-refractivity contribution in [3.05, 3.63) is 42.1 Å². The largest absolute Gasteiger partial charge is 0.360 e. The standard InChI is InChI=1S/C12H10FN3O.ClH/c1-7-12(17)9-4-8(13)2-3-10(9)16-6-14-5-11(16)15-7;/h2-7,15H,1H3;1H. The second kappa shape index (κ2) is 4.42. The van der Waals surface area contributed by atoms with E-state index in [-0.39, 0.29) is 18.2 Å². The van der Waals surface area contributed by atoms with Crippen LogP contribution in [-0.2, 0) is 0 Å². The number of aromatic nitrogens is 2. The van der Waals surface area contributed by atoms with Crippen LogP contribution in [0.25, 0.3) is 5.69 Å². The number of Topliss-reactive ketones (excluding diaryl/α,β-unsaturated/α-hetero) is 1. The van der Waals surface area contributed by atoms with E-state index in [4.69, 9.17) is 0 Å². The number of halogens is 2. The topological polar surface area (TPSA) is 46.9 Å². The van der Waals surface area contributed by atoms with Gasteiger partial charge in [-0.25, -0.2) is 9.37 Å². The smallest absolute Gasteiger partial charge is 0.186 e. The van der Waals surface area contributed by atoms with Gasteiger partial charge in [-0.2, -0.15) is 0 Å². The highest BCUT2D eigenvalue weighted by atomic mass is 35.5. The molecule has 0 spiro atoms. The lowest BCUT2D eigenvalue weighted by Crippen LogP contribution is -2.24. The summed E-state index contributed by atoms with van der Waals surface area (Å²) in [5, 5.41) is 3.05. The van der Waals surface area contributed by atoms with Crippen molar-refractivity contribution < 1.29 is 9.18 Å². The van der Waals surface area contributed by atoms with E-state index in [1.807, 2.05) is 0 Å². The molecule has 2 aromatic rings. The Hall–Kier alpha value is -1.88.